The molecule has 1 fully saturated rings. The highest BCUT2D eigenvalue weighted by Gasteiger charge is 2.28. The number of hydrogen-bond donors (Lipinski definition) is 3. The molecule has 4 N–H and O–H groups in total. The van der Waals surface area contributed by atoms with Crippen molar-refractivity contribution in [3.8, 4) is 0 Å². The van der Waals surface area contributed by atoms with Gasteiger partial charge in [-0.15, -0.1) is 0 Å². The summed E-state index contributed by atoms with van der Waals surface area (Å²) in [6.07, 6.45) is 3.08. The van der Waals surface area contributed by atoms with E-state index in [4.69, 9.17) is 5.84 Å². The first-order valence-electron chi connectivity index (χ1n) is 5.88. The van der Waals surface area contributed by atoms with E-state index in [2.05, 4.69) is 15.4 Å². The Bertz CT molecular complexity index is 422. The number of hydrogen-bond acceptors (Lipinski definition) is 6. The van der Waals surface area contributed by atoms with Crippen LogP contribution in [-0.2, 0) is 0 Å². The van der Waals surface area contributed by atoms with Crippen LogP contribution in [0.1, 0.15) is 23.8 Å². The van der Waals surface area contributed by atoms with Crippen LogP contribution in [0.3, 0.4) is 0 Å². The number of carbonyl (C=O) groups excluding carboxylic acids is 1. The summed E-state index contributed by atoms with van der Waals surface area (Å²) in [4.78, 5) is 21.8. The van der Waals surface area contributed by atoms with Gasteiger partial charge in [0, 0.05) is 13.1 Å². The number of aliphatic hydroxyl groups excluding tert-OH is 1. The van der Waals surface area contributed by atoms with Gasteiger partial charge in [0.15, 0.2) is 5.82 Å². The zero-order valence-electron chi connectivity index (χ0n) is 10.2. The van der Waals surface area contributed by atoms with Gasteiger partial charge < -0.3 is 15.4 Å². The molecule has 0 bridgehead atoms. The molecule has 2 unspecified atom stereocenters. The molecule has 1 aromatic heterocycles. The van der Waals surface area contributed by atoms with E-state index < -0.39 is 0 Å². The molecule has 0 aliphatic carbocycles. The summed E-state index contributed by atoms with van der Waals surface area (Å²) in [5.41, 5.74) is 2.64. The molecule has 1 aliphatic heterocycles. The molecule has 7 heteroatoms. The number of amides is 1. The van der Waals surface area contributed by atoms with Crippen molar-refractivity contribution in [2.24, 2.45) is 11.8 Å². The highest BCUT2D eigenvalue weighted by molar-refractivity contribution is 5.92. The lowest BCUT2D eigenvalue weighted by Crippen LogP contribution is -2.45. The van der Waals surface area contributed by atoms with Crippen molar-refractivity contribution in [1.29, 1.82) is 0 Å². The SMILES string of the molecule is CC1CN(C(=O)c2cnc(NN)cn2)CCC1O. The lowest BCUT2D eigenvalue weighted by atomic mass is 9.96. The van der Waals surface area contributed by atoms with E-state index >= 15 is 0 Å². The number of rotatable bonds is 2. The highest BCUT2D eigenvalue weighted by Crippen LogP contribution is 2.18. The Morgan fingerprint density at radius 2 is 2.33 bits per heavy atom. The first-order valence-corrected chi connectivity index (χ1v) is 5.88. The summed E-state index contributed by atoms with van der Waals surface area (Å²) in [5.74, 6) is 5.51. The molecule has 2 atom stereocenters. The van der Waals surface area contributed by atoms with Crippen LogP contribution in [-0.4, -0.2) is 45.1 Å². The van der Waals surface area contributed by atoms with Gasteiger partial charge in [0.25, 0.3) is 5.91 Å². The molecule has 0 saturated carbocycles. The van der Waals surface area contributed by atoms with Crippen molar-refractivity contribution in [1.82, 2.24) is 14.9 Å². The Morgan fingerprint density at radius 1 is 1.56 bits per heavy atom. The zero-order valence-corrected chi connectivity index (χ0v) is 10.2. The number of aromatic nitrogens is 2. The highest BCUT2D eigenvalue weighted by atomic mass is 16.3. The third-order valence-corrected chi connectivity index (χ3v) is 3.17. The quantitative estimate of drug-likeness (QED) is 0.488. The van der Waals surface area contributed by atoms with Crippen molar-refractivity contribution < 1.29 is 9.90 Å². The van der Waals surface area contributed by atoms with E-state index in [-0.39, 0.29) is 23.6 Å². The maximum Gasteiger partial charge on any atom is 0.274 e. The van der Waals surface area contributed by atoms with Crippen LogP contribution in [0.5, 0.6) is 0 Å². The molecule has 1 aliphatic rings. The van der Waals surface area contributed by atoms with Gasteiger partial charge in [-0.2, -0.15) is 0 Å². The maximum atomic E-state index is 12.1. The molecule has 18 heavy (non-hydrogen) atoms. The summed E-state index contributed by atoms with van der Waals surface area (Å²) >= 11 is 0. The molecule has 2 rings (SSSR count). The van der Waals surface area contributed by atoms with Gasteiger partial charge >= 0.3 is 0 Å². The van der Waals surface area contributed by atoms with Gasteiger partial charge in [0.2, 0.25) is 0 Å². The number of anilines is 1. The maximum absolute atomic E-state index is 12.1. The Kier molecular flexibility index (Phi) is 3.73. The van der Waals surface area contributed by atoms with E-state index in [1.54, 1.807) is 4.90 Å². The number of nitrogen functional groups attached to an aromatic ring is 1. The summed E-state index contributed by atoms with van der Waals surface area (Å²) < 4.78 is 0. The van der Waals surface area contributed by atoms with Crippen molar-refractivity contribution >= 4 is 11.7 Å². The van der Waals surface area contributed by atoms with Crippen LogP contribution in [0.25, 0.3) is 0 Å². The lowest BCUT2D eigenvalue weighted by molar-refractivity contribution is 0.0294. The van der Waals surface area contributed by atoms with E-state index in [1.807, 2.05) is 6.92 Å². The average molecular weight is 251 g/mol. The minimum atomic E-state index is -0.330. The van der Waals surface area contributed by atoms with Gasteiger partial charge in [-0.1, -0.05) is 6.92 Å². The Labute approximate surface area is 105 Å². The number of nitrogens with one attached hydrogen (secondary N) is 1. The van der Waals surface area contributed by atoms with Crippen molar-refractivity contribution in [3.05, 3.63) is 18.1 Å². The molecule has 1 saturated heterocycles. The number of nitrogens with zero attached hydrogens (tertiary/aromatic N) is 3. The molecule has 1 amide bonds. The first-order chi connectivity index (χ1) is 8.61. The zero-order chi connectivity index (χ0) is 13.1. The van der Waals surface area contributed by atoms with E-state index in [0.717, 1.165) is 0 Å². The number of nitrogens with two attached hydrogens (primary N) is 1. The van der Waals surface area contributed by atoms with Crippen molar-refractivity contribution in [3.63, 3.8) is 0 Å². The number of carbonyl (C=O) groups is 1. The van der Waals surface area contributed by atoms with E-state index in [0.29, 0.717) is 25.3 Å². The molecule has 0 spiro atoms. The summed E-state index contributed by atoms with van der Waals surface area (Å²) in [5, 5.41) is 9.63. The van der Waals surface area contributed by atoms with Crippen molar-refractivity contribution in [2.75, 3.05) is 18.5 Å². The predicted molar refractivity (Wildman–Crippen MR) is 65.5 cm³/mol. The fraction of sp³-hybridized carbons (Fsp3) is 0.545. The summed E-state index contributed by atoms with van der Waals surface area (Å²) in [7, 11) is 0. The fourth-order valence-electron chi connectivity index (χ4n) is 1.99. The standard InChI is InChI=1S/C11H17N5O2/c1-7-6-16(3-2-9(7)17)11(18)8-4-14-10(15-12)5-13-8/h4-5,7,9,17H,2-3,6,12H2,1H3,(H,14,15). The van der Waals surface area contributed by atoms with Gasteiger partial charge in [-0.05, 0) is 12.3 Å². The topological polar surface area (TPSA) is 104 Å². The average Bonchev–Trinajstić information content (AvgIpc) is 2.41. The summed E-state index contributed by atoms with van der Waals surface area (Å²) in [6.45, 7) is 3.01. The Hall–Kier alpha value is -1.73. The minimum absolute atomic E-state index is 0.0839. The number of likely N-dealkylation sites (tertiary alicyclic amines) is 1. The molecule has 7 nitrogen and oxygen atoms in total. The summed E-state index contributed by atoms with van der Waals surface area (Å²) in [6, 6.07) is 0. The fourth-order valence-corrected chi connectivity index (χ4v) is 1.99. The molecule has 1 aromatic rings. The molecule has 2 heterocycles. The number of aliphatic hydroxyl groups is 1. The second-order valence-electron chi connectivity index (χ2n) is 4.52. The largest absolute Gasteiger partial charge is 0.393 e. The monoisotopic (exact) mass is 251 g/mol. The van der Waals surface area contributed by atoms with Gasteiger partial charge in [-0.25, -0.2) is 15.8 Å². The molecule has 0 aromatic carbocycles. The van der Waals surface area contributed by atoms with Crippen LogP contribution < -0.4 is 11.3 Å². The van der Waals surface area contributed by atoms with E-state index in [1.165, 1.54) is 12.4 Å². The molecule has 98 valence electrons. The second-order valence-corrected chi connectivity index (χ2v) is 4.52. The van der Waals surface area contributed by atoms with Gasteiger partial charge in [0.1, 0.15) is 5.69 Å². The van der Waals surface area contributed by atoms with Crippen LogP contribution in [0.2, 0.25) is 0 Å². The van der Waals surface area contributed by atoms with Gasteiger partial charge in [0.05, 0.1) is 18.5 Å². The smallest absolute Gasteiger partial charge is 0.274 e. The van der Waals surface area contributed by atoms with Crippen molar-refractivity contribution in [2.45, 2.75) is 19.4 Å². The molecule has 0 radical (unpaired) electrons. The number of hydrazine groups is 1. The predicted octanol–water partition coefficient (Wildman–Crippen LogP) is -0.395. The Morgan fingerprint density at radius 3 is 2.89 bits per heavy atom. The van der Waals surface area contributed by atoms with Crippen LogP contribution in [0.4, 0.5) is 5.82 Å². The third kappa shape index (κ3) is 2.57. The van der Waals surface area contributed by atoms with Crippen LogP contribution in [0.15, 0.2) is 12.4 Å². The van der Waals surface area contributed by atoms with Crippen LogP contribution in [0, 0.1) is 5.92 Å². The second kappa shape index (κ2) is 5.28. The lowest BCUT2D eigenvalue weighted by Gasteiger charge is -2.34. The molecular formula is C11H17N5O2. The van der Waals surface area contributed by atoms with E-state index in [9.17, 15) is 9.90 Å². The first kappa shape index (κ1) is 12.7. The third-order valence-electron chi connectivity index (χ3n) is 3.17. The minimum Gasteiger partial charge on any atom is -0.393 e. The van der Waals surface area contributed by atoms with Crippen LogP contribution >= 0.6 is 0 Å². The molecular weight excluding hydrogens is 234 g/mol. The van der Waals surface area contributed by atoms with Gasteiger partial charge in [-0.3, -0.25) is 4.79 Å². The Balaban J connectivity index is 2.06. The normalized spacial score (nSPS) is 23.8. The number of piperidine rings is 1.